The highest BCUT2D eigenvalue weighted by Gasteiger charge is 2.32. The van der Waals surface area contributed by atoms with E-state index in [0.29, 0.717) is 18.8 Å². The minimum atomic E-state index is -4.11. The number of rotatable bonds is 7. The summed E-state index contributed by atoms with van der Waals surface area (Å²) >= 11 is 0. The molecule has 22 heavy (non-hydrogen) atoms. The Morgan fingerprint density at radius 3 is 1.36 bits per heavy atom. The molecular formula is C16H26F6. The Hall–Kier alpha value is -0.420. The highest BCUT2D eigenvalue weighted by Crippen LogP contribution is 2.40. The molecule has 1 fully saturated rings. The van der Waals surface area contributed by atoms with Crippen molar-refractivity contribution in [1.29, 1.82) is 0 Å². The van der Waals surface area contributed by atoms with E-state index in [1.807, 2.05) is 0 Å². The lowest BCUT2D eigenvalue weighted by Gasteiger charge is -2.35. The van der Waals surface area contributed by atoms with Gasteiger partial charge in [0, 0.05) is 12.8 Å². The Bertz CT molecular complexity index is 279. The van der Waals surface area contributed by atoms with Gasteiger partial charge in [0.25, 0.3) is 0 Å². The lowest BCUT2D eigenvalue weighted by Crippen LogP contribution is -2.23. The Morgan fingerprint density at radius 1 is 0.682 bits per heavy atom. The van der Waals surface area contributed by atoms with Crippen LogP contribution < -0.4 is 0 Å². The van der Waals surface area contributed by atoms with E-state index in [1.165, 1.54) is 0 Å². The molecule has 0 N–H and O–H groups in total. The molecule has 0 aromatic heterocycles. The Labute approximate surface area is 128 Å². The standard InChI is InChI=1S/C16H26F6/c1-2-12-9-13(5-3-7-15(17,18)19)11-14(10-12)6-4-8-16(20,21)22/h12-14H,2-11H2,1H3. The molecule has 1 saturated carbocycles. The Morgan fingerprint density at radius 2 is 1.05 bits per heavy atom. The topological polar surface area (TPSA) is 0 Å². The zero-order chi connectivity index (χ0) is 16.8. The second kappa shape index (κ2) is 8.44. The van der Waals surface area contributed by atoms with Gasteiger partial charge in [-0.2, -0.15) is 26.3 Å². The summed E-state index contributed by atoms with van der Waals surface area (Å²) in [5.41, 5.74) is 0. The smallest absolute Gasteiger partial charge is 0.171 e. The van der Waals surface area contributed by atoms with Crippen LogP contribution in [0.15, 0.2) is 0 Å². The molecule has 0 saturated heterocycles. The summed E-state index contributed by atoms with van der Waals surface area (Å²) in [4.78, 5) is 0. The summed E-state index contributed by atoms with van der Waals surface area (Å²) in [6.07, 6.45) is -4.71. The fraction of sp³-hybridized carbons (Fsp3) is 1.00. The highest BCUT2D eigenvalue weighted by molar-refractivity contribution is 4.79. The molecule has 0 aromatic rings. The molecule has 0 amide bonds. The van der Waals surface area contributed by atoms with Crippen LogP contribution in [0.3, 0.4) is 0 Å². The van der Waals surface area contributed by atoms with Crippen molar-refractivity contribution in [3.8, 4) is 0 Å². The van der Waals surface area contributed by atoms with Crippen LogP contribution in [0.1, 0.15) is 71.1 Å². The fourth-order valence-electron chi connectivity index (χ4n) is 3.69. The van der Waals surface area contributed by atoms with E-state index in [1.54, 1.807) is 0 Å². The van der Waals surface area contributed by atoms with Gasteiger partial charge < -0.3 is 0 Å². The van der Waals surface area contributed by atoms with Crippen LogP contribution in [0.5, 0.6) is 0 Å². The number of alkyl halides is 6. The first-order chi connectivity index (χ1) is 10.1. The largest absolute Gasteiger partial charge is 0.389 e. The third kappa shape index (κ3) is 8.89. The average Bonchev–Trinajstić information content (AvgIpc) is 2.35. The highest BCUT2D eigenvalue weighted by atomic mass is 19.4. The summed E-state index contributed by atoms with van der Waals surface area (Å²) in [6.45, 7) is 2.05. The van der Waals surface area contributed by atoms with E-state index in [-0.39, 0.29) is 24.7 Å². The first kappa shape index (κ1) is 19.6. The van der Waals surface area contributed by atoms with Crippen LogP contribution in [0, 0.1) is 17.8 Å². The van der Waals surface area contributed by atoms with Crippen molar-refractivity contribution in [3.05, 3.63) is 0 Å². The predicted octanol–water partition coefficient (Wildman–Crippen LogP) is 6.89. The maximum absolute atomic E-state index is 12.2. The molecule has 1 rings (SSSR count). The Kier molecular flexibility index (Phi) is 7.53. The van der Waals surface area contributed by atoms with Gasteiger partial charge in [0.2, 0.25) is 0 Å². The SMILES string of the molecule is CCC1CC(CCCC(F)(F)F)CC(CCCC(F)(F)F)C1. The summed E-state index contributed by atoms with van der Waals surface area (Å²) in [7, 11) is 0. The quantitative estimate of drug-likeness (QED) is 0.445. The molecule has 0 spiro atoms. The molecule has 0 radical (unpaired) electrons. The number of hydrogen-bond donors (Lipinski definition) is 0. The molecule has 1 aliphatic carbocycles. The van der Waals surface area contributed by atoms with E-state index in [9.17, 15) is 26.3 Å². The molecule has 1 aliphatic rings. The number of halogens is 6. The van der Waals surface area contributed by atoms with Crippen LogP contribution in [-0.2, 0) is 0 Å². The van der Waals surface area contributed by atoms with Gasteiger partial charge in [-0.1, -0.05) is 26.2 Å². The molecule has 2 atom stereocenters. The minimum Gasteiger partial charge on any atom is -0.171 e. The summed E-state index contributed by atoms with van der Waals surface area (Å²) in [5.74, 6) is 0.953. The van der Waals surface area contributed by atoms with Crippen LogP contribution >= 0.6 is 0 Å². The third-order valence-electron chi connectivity index (χ3n) is 4.72. The minimum absolute atomic E-state index is 0.139. The maximum Gasteiger partial charge on any atom is 0.389 e. The van der Waals surface area contributed by atoms with Gasteiger partial charge >= 0.3 is 12.4 Å². The first-order valence-corrected chi connectivity index (χ1v) is 8.22. The maximum atomic E-state index is 12.2. The third-order valence-corrected chi connectivity index (χ3v) is 4.72. The average molecular weight is 332 g/mol. The molecule has 0 aromatic carbocycles. The van der Waals surface area contributed by atoms with E-state index < -0.39 is 25.2 Å². The molecule has 2 unspecified atom stereocenters. The summed E-state index contributed by atoms with van der Waals surface area (Å²) in [6, 6.07) is 0. The van der Waals surface area contributed by atoms with Crippen LogP contribution in [0.2, 0.25) is 0 Å². The van der Waals surface area contributed by atoms with Crippen molar-refractivity contribution in [1.82, 2.24) is 0 Å². The molecule has 0 nitrogen and oxygen atoms in total. The second-order valence-corrected chi connectivity index (χ2v) is 6.73. The van der Waals surface area contributed by atoms with E-state index >= 15 is 0 Å². The predicted molar refractivity (Wildman–Crippen MR) is 74.4 cm³/mol. The normalized spacial score (nSPS) is 27.1. The van der Waals surface area contributed by atoms with Crippen molar-refractivity contribution in [2.75, 3.05) is 0 Å². The van der Waals surface area contributed by atoms with Gasteiger partial charge in [-0.25, -0.2) is 0 Å². The van der Waals surface area contributed by atoms with Gasteiger partial charge in [-0.05, 0) is 49.9 Å². The molecular weight excluding hydrogens is 306 g/mol. The van der Waals surface area contributed by atoms with Crippen molar-refractivity contribution >= 4 is 0 Å². The van der Waals surface area contributed by atoms with Crippen LogP contribution in [-0.4, -0.2) is 12.4 Å². The van der Waals surface area contributed by atoms with Crippen molar-refractivity contribution in [2.24, 2.45) is 17.8 Å². The molecule has 132 valence electrons. The molecule has 0 aliphatic heterocycles. The molecule has 0 bridgehead atoms. The van der Waals surface area contributed by atoms with Crippen molar-refractivity contribution in [3.63, 3.8) is 0 Å². The van der Waals surface area contributed by atoms with E-state index in [0.717, 1.165) is 25.7 Å². The fourth-order valence-corrected chi connectivity index (χ4v) is 3.69. The summed E-state index contributed by atoms with van der Waals surface area (Å²) in [5, 5.41) is 0. The van der Waals surface area contributed by atoms with Gasteiger partial charge in [0.1, 0.15) is 0 Å². The van der Waals surface area contributed by atoms with Gasteiger partial charge in [0.05, 0.1) is 0 Å². The van der Waals surface area contributed by atoms with Crippen molar-refractivity contribution in [2.45, 2.75) is 83.5 Å². The van der Waals surface area contributed by atoms with Gasteiger partial charge in [-0.15, -0.1) is 0 Å². The second-order valence-electron chi connectivity index (χ2n) is 6.73. The van der Waals surface area contributed by atoms with Gasteiger partial charge in [0.15, 0.2) is 0 Å². The van der Waals surface area contributed by atoms with Crippen molar-refractivity contribution < 1.29 is 26.3 Å². The zero-order valence-corrected chi connectivity index (χ0v) is 13.1. The monoisotopic (exact) mass is 332 g/mol. The number of hydrogen-bond acceptors (Lipinski definition) is 0. The lowest BCUT2D eigenvalue weighted by atomic mass is 9.71. The van der Waals surface area contributed by atoms with Gasteiger partial charge in [-0.3, -0.25) is 0 Å². The molecule has 0 heterocycles. The van der Waals surface area contributed by atoms with E-state index in [4.69, 9.17) is 0 Å². The van der Waals surface area contributed by atoms with Crippen LogP contribution in [0.4, 0.5) is 26.3 Å². The zero-order valence-electron chi connectivity index (χ0n) is 13.1. The Balaban J connectivity index is 2.37. The summed E-state index contributed by atoms with van der Waals surface area (Å²) < 4.78 is 73.2. The van der Waals surface area contributed by atoms with Crippen LogP contribution in [0.25, 0.3) is 0 Å². The van der Waals surface area contributed by atoms with E-state index in [2.05, 4.69) is 6.92 Å². The molecule has 6 heteroatoms. The lowest BCUT2D eigenvalue weighted by molar-refractivity contribution is -0.136. The first-order valence-electron chi connectivity index (χ1n) is 8.22.